The molecule has 4 aliphatic heterocycles. The van der Waals surface area contributed by atoms with Crippen molar-refractivity contribution >= 4 is 11.9 Å². The topological polar surface area (TPSA) is 101 Å². The van der Waals surface area contributed by atoms with E-state index in [-0.39, 0.29) is 30.6 Å². The highest BCUT2D eigenvalue weighted by Crippen LogP contribution is 2.60. The molecule has 27 heavy (non-hydrogen) atoms. The van der Waals surface area contributed by atoms with Crippen LogP contribution < -0.4 is 0 Å². The van der Waals surface area contributed by atoms with Gasteiger partial charge in [0.25, 0.3) is 0 Å². The zero-order chi connectivity index (χ0) is 19.4. The fourth-order valence-corrected chi connectivity index (χ4v) is 5.40. The molecule has 5 rings (SSSR count). The number of carbonyl (C=O) groups is 2. The van der Waals surface area contributed by atoms with E-state index in [4.69, 9.17) is 29.1 Å². The molecule has 0 aromatic carbocycles. The lowest BCUT2D eigenvalue weighted by Crippen LogP contribution is -2.70. The average Bonchev–Trinajstić information content (AvgIpc) is 2.84. The maximum Gasteiger partial charge on any atom is 0.308 e. The van der Waals surface area contributed by atoms with E-state index in [1.165, 1.54) is 0 Å². The Morgan fingerprint density at radius 3 is 2.63 bits per heavy atom. The van der Waals surface area contributed by atoms with Crippen molar-refractivity contribution in [1.29, 1.82) is 0 Å². The zero-order valence-electron chi connectivity index (χ0n) is 16.0. The Hall–Kier alpha value is -1.22. The van der Waals surface area contributed by atoms with E-state index in [2.05, 4.69) is 6.92 Å². The van der Waals surface area contributed by atoms with Crippen LogP contribution in [0.2, 0.25) is 0 Å². The predicted molar refractivity (Wildman–Crippen MR) is 89.8 cm³/mol. The number of hydrogen-bond donors (Lipinski definition) is 1. The van der Waals surface area contributed by atoms with Crippen LogP contribution in [0.3, 0.4) is 0 Å². The van der Waals surface area contributed by atoms with Gasteiger partial charge in [-0.2, -0.15) is 0 Å². The number of ether oxygens (including phenoxy) is 3. The van der Waals surface area contributed by atoms with Crippen LogP contribution >= 0.6 is 0 Å². The average molecular weight is 384 g/mol. The number of esters is 1. The summed E-state index contributed by atoms with van der Waals surface area (Å²) in [6, 6.07) is 0. The van der Waals surface area contributed by atoms with Crippen molar-refractivity contribution in [2.24, 2.45) is 23.7 Å². The Kier molecular flexibility index (Phi) is 4.73. The highest BCUT2D eigenvalue weighted by atomic mass is 17.3. The van der Waals surface area contributed by atoms with Crippen LogP contribution in [0, 0.1) is 23.7 Å². The van der Waals surface area contributed by atoms with Crippen LogP contribution in [-0.2, 0) is 33.6 Å². The van der Waals surface area contributed by atoms with Gasteiger partial charge in [0, 0.05) is 18.3 Å². The van der Waals surface area contributed by atoms with E-state index in [0.29, 0.717) is 12.3 Å². The van der Waals surface area contributed by atoms with E-state index >= 15 is 0 Å². The third-order valence-corrected chi connectivity index (χ3v) is 6.89. The first kappa shape index (κ1) is 19.1. The normalized spacial score (nSPS) is 48.4. The lowest BCUT2D eigenvalue weighted by molar-refractivity contribution is -0.576. The van der Waals surface area contributed by atoms with Crippen LogP contribution in [0.25, 0.3) is 0 Å². The molecule has 8 heteroatoms. The third kappa shape index (κ3) is 3.06. The van der Waals surface area contributed by atoms with Gasteiger partial charge in [-0.15, -0.1) is 0 Å². The number of aliphatic carboxylic acids is 1. The summed E-state index contributed by atoms with van der Waals surface area (Å²) in [6.07, 6.45) is 1.72. The van der Waals surface area contributed by atoms with Gasteiger partial charge in [-0.1, -0.05) is 13.8 Å². The Labute approximate surface area is 158 Å². The van der Waals surface area contributed by atoms with Gasteiger partial charge in [0.2, 0.25) is 12.1 Å². The molecule has 0 radical (unpaired) electrons. The zero-order valence-corrected chi connectivity index (χ0v) is 16.0. The smallest absolute Gasteiger partial charge is 0.308 e. The van der Waals surface area contributed by atoms with Crippen molar-refractivity contribution in [3.8, 4) is 0 Å². The van der Waals surface area contributed by atoms with Crippen molar-refractivity contribution in [2.75, 3.05) is 0 Å². The molecule has 1 spiro atoms. The maximum absolute atomic E-state index is 12.1. The molecule has 0 aromatic rings. The molecule has 0 amide bonds. The van der Waals surface area contributed by atoms with Crippen LogP contribution in [0.15, 0.2) is 0 Å². The molecular formula is C19H28O8. The molecule has 4 heterocycles. The summed E-state index contributed by atoms with van der Waals surface area (Å²) in [5.74, 6) is -1.82. The summed E-state index contributed by atoms with van der Waals surface area (Å²) in [5, 5.41) is 8.76. The minimum absolute atomic E-state index is 0.0670. The van der Waals surface area contributed by atoms with Gasteiger partial charge < -0.3 is 19.3 Å². The predicted octanol–water partition coefficient (Wildman–Crippen LogP) is 2.60. The first-order valence-electron chi connectivity index (χ1n) is 9.86. The Bertz CT molecular complexity index is 623. The summed E-state index contributed by atoms with van der Waals surface area (Å²) in [4.78, 5) is 34.5. The van der Waals surface area contributed by atoms with Gasteiger partial charge in [-0.25, -0.2) is 9.78 Å². The molecule has 5 aliphatic rings. The van der Waals surface area contributed by atoms with E-state index in [9.17, 15) is 9.59 Å². The maximum atomic E-state index is 12.1. The van der Waals surface area contributed by atoms with Crippen molar-refractivity contribution in [1.82, 2.24) is 0 Å². The van der Waals surface area contributed by atoms with Crippen LogP contribution in [-0.4, -0.2) is 41.0 Å². The molecule has 8 atom stereocenters. The summed E-state index contributed by atoms with van der Waals surface area (Å²) >= 11 is 0. The number of carboxylic acids is 1. The molecule has 1 aliphatic carbocycles. The van der Waals surface area contributed by atoms with Gasteiger partial charge in [0.05, 0.1) is 12.8 Å². The second-order valence-corrected chi connectivity index (χ2v) is 8.66. The molecule has 2 bridgehead atoms. The monoisotopic (exact) mass is 384 g/mol. The second kappa shape index (κ2) is 6.69. The quantitative estimate of drug-likeness (QED) is 0.583. The fourth-order valence-electron chi connectivity index (χ4n) is 5.40. The molecule has 1 saturated carbocycles. The van der Waals surface area contributed by atoms with Crippen molar-refractivity contribution < 1.29 is 38.7 Å². The second-order valence-electron chi connectivity index (χ2n) is 8.66. The lowest BCUT2D eigenvalue weighted by atomic mass is 9.58. The third-order valence-electron chi connectivity index (χ3n) is 6.89. The Balaban J connectivity index is 1.58. The molecule has 0 aromatic heterocycles. The Morgan fingerprint density at radius 1 is 1.11 bits per heavy atom. The van der Waals surface area contributed by atoms with Gasteiger partial charge in [-0.3, -0.25) is 9.59 Å². The summed E-state index contributed by atoms with van der Waals surface area (Å²) < 4.78 is 17.8. The first-order valence-corrected chi connectivity index (χ1v) is 9.86. The van der Waals surface area contributed by atoms with Crippen LogP contribution in [0.1, 0.15) is 59.3 Å². The van der Waals surface area contributed by atoms with Crippen molar-refractivity contribution in [3.05, 3.63) is 0 Å². The summed E-state index contributed by atoms with van der Waals surface area (Å²) in [5.41, 5.74) is -0.697. The lowest BCUT2D eigenvalue weighted by Gasteiger charge is -2.59. The first-order chi connectivity index (χ1) is 12.7. The molecule has 1 unspecified atom stereocenters. The van der Waals surface area contributed by atoms with Crippen molar-refractivity contribution in [3.63, 3.8) is 0 Å². The fraction of sp³-hybridized carbons (Fsp3) is 0.895. The van der Waals surface area contributed by atoms with Gasteiger partial charge in [0.15, 0.2) is 11.9 Å². The minimum Gasteiger partial charge on any atom is -0.481 e. The number of fused-ring (bicyclic) bond motifs is 2. The van der Waals surface area contributed by atoms with Crippen LogP contribution in [0.5, 0.6) is 0 Å². The van der Waals surface area contributed by atoms with E-state index in [1.54, 1.807) is 0 Å². The molecular weight excluding hydrogens is 356 g/mol. The van der Waals surface area contributed by atoms with Crippen molar-refractivity contribution in [2.45, 2.75) is 83.3 Å². The van der Waals surface area contributed by atoms with Gasteiger partial charge >= 0.3 is 11.9 Å². The van der Waals surface area contributed by atoms with Gasteiger partial charge in [-0.05, 0) is 38.0 Å². The van der Waals surface area contributed by atoms with E-state index < -0.39 is 35.9 Å². The van der Waals surface area contributed by atoms with E-state index in [1.807, 2.05) is 13.8 Å². The highest BCUT2D eigenvalue weighted by Gasteiger charge is 2.69. The standard InChI is InChI=1S/C19H28O8/c1-10-4-5-13-11(2)16(23-15(22)7-6-14(20)21)24-17-19(13)12(10)8-9-18(3,25-17)26-27-19/h10-13,16-17H,4-9H2,1-3H3,(H,20,21)/t10-,11?,12+,13+,16-,17-,18-,19-/m1/s1. The Morgan fingerprint density at radius 2 is 1.89 bits per heavy atom. The molecule has 4 saturated heterocycles. The molecule has 8 nitrogen and oxygen atoms in total. The molecule has 152 valence electrons. The molecule has 1 N–H and O–H groups in total. The number of carboxylic acid groups (broad SMARTS) is 1. The number of hydrogen-bond acceptors (Lipinski definition) is 7. The molecule has 5 fully saturated rings. The van der Waals surface area contributed by atoms with Crippen LogP contribution in [0.4, 0.5) is 0 Å². The number of carbonyl (C=O) groups excluding carboxylic acids is 1. The largest absolute Gasteiger partial charge is 0.481 e. The minimum atomic E-state index is -1.03. The van der Waals surface area contributed by atoms with E-state index in [0.717, 1.165) is 19.3 Å². The summed E-state index contributed by atoms with van der Waals surface area (Å²) in [7, 11) is 0. The van der Waals surface area contributed by atoms with Gasteiger partial charge in [0.1, 0.15) is 0 Å². The highest BCUT2D eigenvalue weighted by molar-refractivity contribution is 5.76. The SMILES string of the molecule is CC1[C@H](OC(=O)CCC(=O)O)O[C@@H]2O[C@@]3(C)CC[C@H]4[C@H](C)CC[C@@H]1[C@@]24OO3. The summed E-state index contributed by atoms with van der Waals surface area (Å²) in [6.45, 7) is 6.06. The number of rotatable bonds is 4.